The number of anilines is 1. The van der Waals surface area contributed by atoms with Crippen molar-refractivity contribution in [3.8, 4) is 0 Å². The van der Waals surface area contributed by atoms with Crippen molar-refractivity contribution in [1.29, 1.82) is 0 Å². The minimum absolute atomic E-state index is 0.140. The van der Waals surface area contributed by atoms with Crippen LogP contribution in [-0.2, 0) is 10.9 Å². The maximum absolute atomic E-state index is 12.7. The Balaban J connectivity index is 1.59. The number of hydrogen-bond acceptors (Lipinski definition) is 6. The molecule has 0 radical (unpaired) electrons. The Hall–Kier alpha value is -2.23. The summed E-state index contributed by atoms with van der Waals surface area (Å²) in [4.78, 5) is 25.0. The van der Waals surface area contributed by atoms with E-state index < -0.39 is 23.7 Å². The fraction of sp³-hybridized carbons (Fsp3) is 0.727. The summed E-state index contributed by atoms with van der Waals surface area (Å²) in [5.41, 5.74) is 0.0165. The molecule has 1 aliphatic heterocycles. The summed E-state index contributed by atoms with van der Waals surface area (Å²) in [5.74, 6) is -0.983. The van der Waals surface area contributed by atoms with E-state index in [-0.39, 0.29) is 18.0 Å². The second kappa shape index (κ2) is 10.1. The van der Waals surface area contributed by atoms with Crippen LogP contribution in [0, 0.1) is 5.92 Å². The quantitative estimate of drug-likeness (QED) is 0.668. The van der Waals surface area contributed by atoms with Gasteiger partial charge >= 0.3 is 12.3 Å². The van der Waals surface area contributed by atoms with E-state index in [0.717, 1.165) is 45.1 Å². The number of carbonyl (C=O) groups excluding carboxylic acids is 1. The van der Waals surface area contributed by atoms with Gasteiger partial charge in [0, 0.05) is 37.3 Å². The normalized spacial score (nSPS) is 25.2. The van der Waals surface area contributed by atoms with Crippen LogP contribution in [0.15, 0.2) is 17.4 Å². The summed E-state index contributed by atoms with van der Waals surface area (Å²) < 4.78 is 43.4. The number of halogens is 3. The molecule has 3 rings (SSSR count). The number of aliphatic imine (C=N–C) groups is 1. The molecule has 2 fully saturated rings. The molecule has 0 aromatic carbocycles. The molecule has 1 aromatic heterocycles. The van der Waals surface area contributed by atoms with E-state index in [1.54, 1.807) is 6.21 Å². The summed E-state index contributed by atoms with van der Waals surface area (Å²) in [6.45, 7) is 6.84. The highest BCUT2D eigenvalue weighted by molar-refractivity contribution is 5.80. The standard InChI is InChI=1S/C22H32F3N5O2/c1-21(2,3)32-20(31)28-11-15-7-4-5-9-18(15)29-16-8-6-10-30(14-16)17-12-26-19(27-13-17)22(23,24)25/h11-13,15-16,18,29H,4-10,14H2,1-3H3/t15?,16-,18+/m0/s1. The third-order valence-corrected chi connectivity index (χ3v) is 5.71. The predicted molar refractivity (Wildman–Crippen MR) is 116 cm³/mol. The number of ether oxygens (including phenoxy) is 1. The first-order valence-electron chi connectivity index (χ1n) is 11.2. The Bertz CT molecular complexity index is 792. The van der Waals surface area contributed by atoms with Gasteiger partial charge < -0.3 is 15.0 Å². The van der Waals surface area contributed by atoms with Crippen molar-refractivity contribution in [2.75, 3.05) is 18.0 Å². The van der Waals surface area contributed by atoms with Gasteiger partial charge in [-0.3, -0.25) is 0 Å². The molecule has 1 aromatic rings. The maximum Gasteiger partial charge on any atom is 0.451 e. The molecule has 2 heterocycles. The molecule has 32 heavy (non-hydrogen) atoms. The van der Waals surface area contributed by atoms with E-state index in [1.807, 2.05) is 25.7 Å². The first kappa shape index (κ1) is 24.4. The van der Waals surface area contributed by atoms with E-state index in [1.165, 1.54) is 12.4 Å². The van der Waals surface area contributed by atoms with E-state index in [4.69, 9.17) is 4.74 Å². The van der Waals surface area contributed by atoms with Gasteiger partial charge in [-0.05, 0) is 46.5 Å². The van der Waals surface area contributed by atoms with Crippen LogP contribution in [0.4, 0.5) is 23.7 Å². The lowest BCUT2D eigenvalue weighted by Crippen LogP contribution is -2.52. The van der Waals surface area contributed by atoms with Gasteiger partial charge in [-0.25, -0.2) is 14.8 Å². The lowest BCUT2D eigenvalue weighted by atomic mass is 9.84. The molecule has 1 saturated heterocycles. The highest BCUT2D eigenvalue weighted by Gasteiger charge is 2.35. The van der Waals surface area contributed by atoms with Crippen molar-refractivity contribution in [3.05, 3.63) is 18.2 Å². The predicted octanol–water partition coefficient (Wildman–Crippen LogP) is 4.62. The Morgan fingerprint density at radius 3 is 2.50 bits per heavy atom. The number of amides is 1. The number of aromatic nitrogens is 2. The van der Waals surface area contributed by atoms with Crippen molar-refractivity contribution in [3.63, 3.8) is 0 Å². The zero-order valence-electron chi connectivity index (χ0n) is 18.9. The van der Waals surface area contributed by atoms with Gasteiger partial charge in [0.1, 0.15) is 5.60 Å². The van der Waals surface area contributed by atoms with Crippen LogP contribution in [0.2, 0.25) is 0 Å². The second-order valence-corrected chi connectivity index (χ2v) is 9.53. The van der Waals surface area contributed by atoms with Crippen LogP contribution in [0.25, 0.3) is 0 Å². The fourth-order valence-electron chi connectivity index (χ4n) is 4.27. The van der Waals surface area contributed by atoms with Gasteiger partial charge in [0.25, 0.3) is 0 Å². The smallest absolute Gasteiger partial charge is 0.442 e. The van der Waals surface area contributed by atoms with Crippen LogP contribution in [0.5, 0.6) is 0 Å². The number of nitrogens with one attached hydrogen (secondary N) is 1. The number of piperidine rings is 1. The van der Waals surface area contributed by atoms with Gasteiger partial charge in [-0.1, -0.05) is 12.8 Å². The van der Waals surface area contributed by atoms with Crippen LogP contribution >= 0.6 is 0 Å². The highest BCUT2D eigenvalue weighted by atomic mass is 19.4. The molecule has 1 saturated carbocycles. The van der Waals surface area contributed by atoms with Gasteiger partial charge in [-0.2, -0.15) is 18.2 Å². The largest absolute Gasteiger partial charge is 0.451 e. The van der Waals surface area contributed by atoms with Gasteiger partial charge in [0.2, 0.25) is 5.82 Å². The van der Waals surface area contributed by atoms with E-state index >= 15 is 0 Å². The van der Waals surface area contributed by atoms with Crippen LogP contribution in [-0.4, -0.2) is 53.1 Å². The SMILES string of the molecule is CC(C)(C)OC(=O)N=CC1CCCC[C@H]1N[C@H]1CCCN(c2cnc(C(F)(F)F)nc2)C1. The molecule has 2 aliphatic rings. The third kappa shape index (κ3) is 7.15. The second-order valence-electron chi connectivity index (χ2n) is 9.53. The minimum atomic E-state index is -4.54. The highest BCUT2D eigenvalue weighted by Crippen LogP contribution is 2.28. The van der Waals surface area contributed by atoms with E-state index in [0.29, 0.717) is 12.2 Å². The van der Waals surface area contributed by atoms with E-state index in [2.05, 4.69) is 20.3 Å². The van der Waals surface area contributed by atoms with Crippen molar-refractivity contribution in [1.82, 2.24) is 15.3 Å². The summed E-state index contributed by atoms with van der Waals surface area (Å²) in [7, 11) is 0. The maximum atomic E-state index is 12.7. The molecular formula is C22H32F3N5O2. The number of rotatable bonds is 4. The molecule has 1 N–H and O–H groups in total. The monoisotopic (exact) mass is 455 g/mol. The van der Waals surface area contributed by atoms with Gasteiger partial charge in [-0.15, -0.1) is 0 Å². The number of nitrogens with zero attached hydrogens (tertiary/aromatic N) is 4. The van der Waals surface area contributed by atoms with Gasteiger partial charge in [0.05, 0.1) is 18.1 Å². The molecular weight excluding hydrogens is 423 g/mol. The minimum Gasteiger partial charge on any atom is -0.442 e. The van der Waals surface area contributed by atoms with Crippen molar-refractivity contribution < 1.29 is 22.7 Å². The van der Waals surface area contributed by atoms with E-state index in [9.17, 15) is 18.0 Å². The van der Waals surface area contributed by atoms with Crippen LogP contribution < -0.4 is 10.2 Å². The molecule has 1 unspecified atom stereocenters. The van der Waals surface area contributed by atoms with Crippen molar-refractivity contribution >= 4 is 18.0 Å². The number of hydrogen-bond donors (Lipinski definition) is 1. The first-order chi connectivity index (χ1) is 15.0. The number of alkyl halides is 3. The Kier molecular flexibility index (Phi) is 7.74. The van der Waals surface area contributed by atoms with Crippen LogP contribution in [0.1, 0.15) is 65.1 Å². The zero-order chi connectivity index (χ0) is 23.4. The Morgan fingerprint density at radius 2 is 1.84 bits per heavy atom. The average Bonchev–Trinajstić information content (AvgIpc) is 2.72. The topological polar surface area (TPSA) is 79.7 Å². The van der Waals surface area contributed by atoms with Gasteiger partial charge in [0.15, 0.2) is 0 Å². The lowest BCUT2D eigenvalue weighted by molar-refractivity contribution is -0.145. The van der Waals surface area contributed by atoms with Crippen molar-refractivity contribution in [2.45, 2.75) is 83.2 Å². The first-order valence-corrected chi connectivity index (χ1v) is 11.2. The molecule has 7 nitrogen and oxygen atoms in total. The molecule has 0 spiro atoms. The molecule has 178 valence electrons. The third-order valence-electron chi connectivity index (χ3n) is 5.71. The number of carbonyl (C=O) groups is 1. The fourth-order valence-corrected chi connectivity index (χ4v) is 4.27. The molecule has 1 aliphatic carbocycles. The van der Waals surface area contributed by atoms with Crippen molar-refractivity contribution in [2.24, 2.45) is 10.9 Å². The molecule has 3 atom stereocenters. The lowest BCUT2D eigenvalue weighted by Gasteiger charge is -2.39. The molecule has 0 bridgehead atoms. The average molecular weight is 456 g/mol. The summed E-state index contributed by atoms with van der Waals surface area (Å²) in [6.07, 6.45) is 5.12. The summed E-state index contributed by atoms with van der Waals surface area (Å²) in [6, 6.07) is 0.385. The van der Waals surface area contributed by atoms with Crippen LogP contribution in [0.3, 0.4) is 0 Å². The zero-order valence-corrected chi connectivity index (χ0v) is 18.9. The molecule has 1 amide bonds. The Morgan fingerprint density at radius 1 is 1.16 bits per heavy atom. The Labute approximate surface area is 186 Å². The summed E-state index contributed by atoms with van der Waals surface area (Å²) >= 11 is 0. The summed E-state index contributed by atoms with van der Waals surface area (Å²) in [5, 5.41) is 3.71. The molecule has 10 heteroatoms.